The van der Waals surface area contributed by atoms with E-state index in [9.17, 15) is 22.8 Å². The molecule has 0 saturated carbocycles. The summed E-state index contributed by atoms with van der Waals surface area (Å²) in [6, 6.07) is 10.7. The highest BCUT2D eigenvalue weighted by atomic mass is 19.4. The summed E-state index contributed by atoms with van der Waals surface area (Å²) in [7, 11) is 0. The minimum atomic E-state index is -4.47. The van der Waals surface area contributed by atoms with Crippen molar-refractivity contribution in [2.45, 2.75) is 19.3 Å². The molecule has 0 aliphatic carbocycles. The number of amides is 1. The van der Waals surface area contributed by atoms with Crippen LogP contribution >= 0.6 is 0 Å². The highest BCUT2D eigenvalue weighted by Crippen LogP contribution is 2.29. The van der Waals surface area contributed by atoms with Gasteiger partial charge >= 0.3 is 6.18 Å². The second-order valence-electron chi connectivity index (χ2n) is 5.92. The molecular weight excluding hydrogens is 371 g/mol. The zero-order chi connectivity index (χ0) is 20.3. The van der Waals surface area contributed by atoms with E-state index in [1.54, 1.807) is 24.3 Å². The van der Waals surface area contributed by atoms with Gasteiger partial charge in [0.15, 0.2) is 0 Å². The lowest BCUT2D eigenvalue weighted by molar-refractivity contribution is -0.137. The third-order valence-electron chi connectivity index (χ3n) is 4.08. The Labute approximate surface area is 157 Å². The Balaban J connectivity index is 1.85. The van der Waals surface area contributed by atoms with Gasteiger partial charge in [0.25, 0.3) is 11.5 Å². The molecule has 3 rings (SSSR count). The number of fused-ring (bicyclic) bond motifs is 1. The van der Waals surface area contributed by atoms with E-state index < -0.39 is 17.6 Å². The van der Waals surface area contributed by atoms with Crippen molar-refractivity contribution < 1.29 is 18.0 Å². The van der Waals surface area contributed by atoms with Crippen LogP contribution < -0.4 is 10.9 Å². The average Bonchev–Trinajstić information content (AvgIpc) is 2.68. The number of rotatable bonds is 4. The zero-order valence-corrected chi connectivity index (χ0v) is 14.5. The van der Waals surface area contributed by atoms with Crippen molar-refractivity contribution in [2.75, 3.05) is 0 Å². The number of benzene rings is 2. The van der Waals surface area contributed by atoms with Crippen LogP contribution in [0.1, 0.15) is 21.6 Å². The van der Waals surface area contributed by atoms with Crippen molar-refractivity contribution in [1.82, 2.24) is 15.1 Å². The largest absolute Gasteiger partial charge is 0.416 e. The van der Waals surface area contributed by atoms with Gasteiger partial charge in [0.2, 0.25) is 0 Å². The summed E-state index contributed by atoms with van der Waals surface area (Å²) in [5.74, 6) is 1.79. The molecule has 1 amide bonds. The normalized spacial score (nSPS) is 11.2. The van der Waals surface area contributed by atoms with Gasteiger partial charge in [-0.2, -0.15) is 18.3 Å². The smallest absolute Gasteiger partial charge is 0.346 e. The molecule has 0 fully saturated rings. The second kappa shape index (κ2) is 7.56. The van der Waals surface area contributed by atoms with E-state index in [4.69, 9.17) is 6.42 Å². The van der Waals surface area contributed by atoms with Crippen LogP contribution in [0, 0.1) is 12.3 Å². The Kier molecular flexibility index (Phi) is 5.18. The van der Waals surface area contributed by atoms with Gasteiger partial charge in [-0.3, -0.25) is 9.59 Å². The molecule has 0 unspecified atom stereocenters. The van der Waals surface area contributed by atoms with E-state index >= 15 is 0 Å². The lowest BCUT2D eigenvalue weighted by atomic mass is 10.1. The van der Waals surface area contributed by atoms with Crippen molar-refractivity contribution in [3.63, 3.8) is 0 Å². The van der Waals surface area contributed by atoms with Gasteiger partial charge in [-0.1, -0.05) is 24.1 Å². The summed E-state index contributed by atoms with van der Waals surface area (Å²) >= 11 is 0. The fraction of sp³-hybridized carbons (Fsp3) is 0.150. The number of halogens is 3. The van der Waals surface area contributed by atoms with E-state index in [0.717, 1.165) is 28.9 Å². The van der Waals surface area contributed by atoms with Crippen molar-refractivity contribution >= 4 is 16.7 Å². The van der Waals surface area contributed by atoms with Gasteiger partial charge in [0.05, 0.1) is 23.2 Å². The van der Waals surface area contributed by atoms with Crippen LogP contribution in [0.15, 0.2) is 53.3 Å². The molecule has 0 spiro atoms. The van der Waals surface area contributed by atoms with Crippen LogP contribution in [0.3, 0.4) is 0 Å². The molecule has 28 heavy (non-hydrogen) atoms. The van der Waals surface area contributed by atoms with Crippen LogP contribution in [-0.4, -0.2) is 15.7 Å². The molecule has 8 heteroatoms. The fourth-order valence-corrected chi connectivity index (χ4v) is 2.71. The van der Waals surface area contributed by atoms with E-state index in [2.05, 4.69) is 16.3 Å². The van der Waals surface area contributed by atoms with Crippen LogP contribution in [0.5, 0.6) is 0 Å². The van der Waals surface area contributed by atoms with Gasteiger partial charge in [-0.05, 0) is 30.3 Å². The molecule has 0 radical (unpaired) electrons. The highest BCUT2D eigenvalue weighted by molar-refractivity contribution is 5.94. The number of nitrogens with one attached hydrogen (secondary N) is 1. The van der Waals surface area contributed by atoms with Crippen LogP contribution in [-0.2, 0) is 19.3 Å². The third-order valence-corrected chi connectivity index (χ3v) is 4.08. The number of carbonyl (C=O) groups is 1. The van der Waals surface area contributed by atoms with E-state index in [1.807, 2.05) is 0 Å². The van der Waals surface area contributed by atoms with E-state index in [0.29, 0.717) is 16.5 Å². The van der Waals surface area contributed by atoms with E-state index in [1.165, 1.54) is 0 Å². The summed E-state index contributed by atoms with van der Waals surface area (Å²) in [4.78, 5) is 24.6. The minimum absolute atomic E-state index is 0.0226. The summed E-state index contributed by atoms with van der Waals surface area (Å²) in [5, 5.41) is 7.78. The Hall–Kier alpha value is -3.60. The molecule has 0 bridgehead atoms. The van der Waals surface area contributed by atoms with Gasteiger partial charge in [0.1, 0.15) is 6.54 Å². The first-order valence-corrected chi connectivity index (χ1v) is 8.19. The average molecular weight is 385 g/mol. The number of terminal acetylenes is 1. The van der Waals surface area contributed by atoms with Crippen LogP contribution in [0.25, 0.3) is 10.8 Å². The summed E-state index contributed by atoms with van der Waals surface area (Å²) < 4.78 is 39.0. The van der Waals surface area contributed by atoms with Crippen LogP contribution in [0.2, 0.25) is 0 Å². The number of aromatic nitrogens is 2. The maximum Gasteiger partial charge on any atom is 0.416 e. The lowest BCUT2D eigenvalue weighted by Gasteiger charge is -2.11. The maximum atomic E-state index is 12.6. The predicted octanol–water partition coefficient (Wildman–Crippen LogP) is 2.98. The van der Waals surface area contributed by atoms with Gasteiger partial charge in [-0.15, -0.1) is 6.42 Å². The fourth-order valence-electron chi connectivity index (χ4n) is 2.71. The number of alkyl halides is 3. The molecule has 3 aromatic rings. The molecule has 142 valence electrons. The molecule has 1 heterocycles. The lowest BCUT2D eigenvalue weighted by Crippen LogP contribution is -2.28. The van der Waals surface area contributed by atoms with Gasteiger partial charge in [0, 0.05) is 10.9 Å². The molecule has 1 N–H and O–H groups in total. The maximum absolute atomic E-state index is 12.6. The molecule has 5 nitrogen and oxygen atoms in total. The first-order chi connectivity index (χ1) is 13.3. The predicted molar refractivity (Wildman–Crippen MR) is 97.5 cm³/mol. The second-order valence-corrected chi connectivity index (χ2v) is 5.92. The quantitative estimate of drug-likeness (QED) is 0.703. The van der Waals surface area contributed by atoms with Crippen molar-refractivity contribution in [3.05, 3.63) is 75.7 Å². The Morgan fingerprint density at radius 3 is 2.36 bits per heavy atom. The Morgan fingerprint density at radius 2 is 1.75 bits per heavy atom. The topological polar surface area (TPSA) is 64.0 Å². The van der Waals surface area contributed by atoms with Crippen molar-refractivity contribution in [3.8, 4) is 12.3 Å². The molecule has 0 aliphatic rings. The van der Waals surface area contributed by atoms with Crippen molar-refractivity contribution in [2.24, 2.45) is 0 Å². The minimum Gasteiger partial charge on any atom is -0.346 e. The summed E-state index contributed by atoms with van der Waals surface area (Å²) in [6.07, 6.45) is 0.795. The molecular formula is C20H14F3N3O2. The molecule has 0 saturated heterocycles. The SMILES string of the molecule is C#CCn1nc(CNC(=O)c2ccc(C(F)(F)F)cc2)c2ccccc2c1=O. The number of nitrogens with zero attached hydrogens (tertiary/aromatic N) is 2. The Bertz CT molecular complexity index is 1130. The van der Waals surface area contributed by atoms with E-state index in [-0.39, 0.29) is 24.2 Å². The first-order valence-electron chi connectivity index (χ1n) is 8.19. The standard InChI is InChI=1S/C20H14F3N3O2/c1-2-11-26-19(28)16-6-4-3-5-15(16)17(25-26)12-24-18(27)13-7-9-14(10-8-13)20(21,22)23/h1,3-10H,11-12H2,(H,24,27). The van der Waals surface area contributed by atoms with Gasteiger partial charge < -0.3 is 5.32 Å². The number of hydrogen-bond donors (Lipinski definition) is 1. The molecule has 2 aromatic carbocycles. The number of hydrogen-bond acceptors (Lipinski definition) is 3. The molecule has 0 atom stereocenters. The first kappa shape index (κ1) is 19.2. The molecule has 0 aliphatic heterocycles. The Morgan fingerprint density at radius 1 is 1.11 bits per heavy atom. The third kappa shape index (κ3) is 3.88. The van der Waals surface area contributed by atoms with Crippen LogP contribution in [0.4, 0.5) is 13.2 Å². The number of carbonyl (C=O) groups excluding carboxylic acids is 1. The van der Waals surface area contributed by atoms with Crippen molar-refractivity contribution in [1.29, 1.82) is 0 Å². The zero-order valence-electron chi connectivity index (χ0n) is 14.5. The molecule has 1 aromatic heterocycles. The summed E-state index contributed by atoms with van der Waals surface area (Å²) in [5.41, 5.74) is -0.676. The monoisotopic (exact) mass is 385 g/mol. The van der Waals surface area contributed by atoms with Gasteiger partial charge in [-0.25, -0.2) is 4.68 Å². The highest BCUT2D eigenvalue weighted by Gasteiger charge is 2.30. The summed E-state index contributed by atoms with van der Waals surface area (Å²) in [6.45, 7) is -0.0469.